The molecule has 154 valence electrons. The van der Waals surface area contributed by atoms with Crippen LogP contribution in [0.1, 0.15) is 26.2 Å². The second kappa shape index (κ2) is 7.71. The van der Waals surface area contributed by atoms with Crippen LogP contribution in [0.5, 0.6) is 0 Å². The maximum atomic E-state index is 14.3. The van der Waals surface area contributed by atoms with Crippen LogP contribution >= 0.6 is 0 Å². The highest BCUT2D eigenvalue weighted by Gasteiger charge is 2.71. The Morgan fingerprint density at radius 1 is 1.44 bits per heavy atom. The van der Waals surface area contributed by atoms with E-state index >= 15 is 0 Å². The first-order valence-corrected chi connectivity index (χ1v) is 8.10. The number of nitrogens with zero attached hydrogens (tertiary/aromatic N) is 2. The average Bonchev–Trinajstić information content (AvgIpc) is 2.84. The number of rotatable bonds is 7. The van der Waals surface area contributed by atoms with Gasteiger partial charge in [0, 0.05) is 0 Å². The lowest BCUT2D eigenvalue weighted by atomic mass is 10.00. The van der Waals surface area contributed by atoms with Gasteiger partial charge in [-0.05, 0) is 12.8 Å². The third-order valence-electron chi connectivity index (χ3n) is 4.38. The summed E-state index contributed by atoms with van der Waals surface area (Å²) in [6.07, 6.45) is -5.89. The number of unbranched alkanes of at least 4 members (excludes halogenated alkanes) is 1. The monoisotopic (exact) mass is 397 g/mol. The van der Waals surface area contributed by atoms with Gasteiger partial charge in [0.1, 0.15) is 12.2 Å². The first-order valence-electron chi connectivity index (χ1n) is 8.10. The molecule has 6 N–H and O–H groups in total. The zero-order chi connectivity index (χ0) is 20.6. The molecule has 13 heteroatoms. The van der Waals surface area contributed by atoms with Crippen molar-refractivity contribution in [2.24, 2.45) is 0 Å². The number of ether oxygens (including phenoxy) is 1. The van der Waals surface area contributed by atoms with Gasteiger partial charge in [0.05, 0.1) is 12.8 Å². The third-order valence-corrected chi connectivity index (χ3v) is 4.38. The van der Waals surface area contributed by atoms with Crippen LogP contribution in [0.3, 0.4) is 0 Å². The molecule has 1 aromatic rings. The van der Waals surface area contributed by atoms with E-state index in [1.165, 1.54) is 4.98 Å². The summed E-state index contributed by atoms with van der Waals surface area (Å²) < 4.78 is 32.8. The van der Waals surface area contributed by atoms with Gasteiger partial charge in [-0.2, -0.15) is 4.39 Å². The molecule has 27 heavy (non-hydrogen) atoms. The molecule has 2 rings (SSSR count). The lowest BCUT2D eigenvalue weighted by Gasteiger charge is -2.42. The number of nitrogens with one attached hydrogen (secondary N) is 1. The number of hydrogen-bond acceptors (Lipinski definition) is 9. The molecule has 0 saturated carbocycles. The molecule has 2 heterocycles. The molecular formula is C14H21F2N3O8. The first kappa shape index (κ1) is 21.6. The number of H-pyrrole nitrogens is 1. The van der Waals surface area contributed by atoms with Crippen molar-refractivity contribution in [1.82, 2.24) is 14.6 Å². The van der Waals surface area contributed by atoms with Gasteiger partial charge >= 0.3 is 11.6 Å². The fourth-order valence-electron chi connectivity index (χ4n) is 2.85. The lowest BCUT2D eigenvalue weighted by molar-refractivity contribution is -0.428. The van der Waals surface area contributed by atoms with E-state index in [4.69, 9.17) is 4.74 Å². The van der Waals surface area contributed by atoms with Crippen LogP contribution in [0.15, 0.2) is 15.8 Å². The van der Waals surface area contributed by atoms with Gasteiger partial charge in [-0.15, -0.1) is 5.06 Å². The summed E-state index contributed by atoms with van der Waals surface area (Å²) in [5.41, 5.74) is -6.39. The van der Waals surface area contributed by atoms with Crippen molar-refractivity contribution in [3.05, 3.63) is 32.9 Å². The maximum Gasteiger partial charge on any atom is 0.332 e. The molecule has 0 spiro atoms. The molecule has 0 aromatic carbocycles. The van der Waals surface area contributed by atoms with Crippen LogP contribution in [0.4, 0.5) is 8.78 Å². The topological polar surface area (TPSA) is 168 Å². The molecule has 1 saturated heterocycles. The smallest absolute Gasteiger partial charge is 0.332 e. The predicted octanol–water partition coefficient (Wildman–Crippen LogP) is -2.10. The van der Waals surface area contributed by atoms with Crippen LogP contribution < -0.4 is 11.2 Å². The van der Waals surface area contributed by atoms with Gasteiger partial charge in [0.2, 0.25) is 11.5 Å². The largest absolute Gasteiger partial charge is 0.394 e. The highest BCUT2D eigenvalue weighted by Crippen LogP contribution is 2.44. The molecule has 0 aliphatic carbocycles. The summed E-state index contributed by atoms with van der Waals surface area (Å²) in [4.78, 5) is 24.7. The number of hydroxylamine groups is 2. The minimum atomic E-state index is -3.47. The molecular weight excluding hydrogens is 376 g/mol. The molecule has 0 amide bonds. The zero-order valence-electron chi connectivity index (χ0n) is 14.2. The Bertz CT molecular complexity index is 788. The maximum absolute atomic E-state index is 14.3. The molecule has 1 unspecified atom stereocenters. The van der Waals surface area contributed by atoms with Crippen LogP contribution in [-0.4, -0.2) is 71.1 Å². The van der Waals surface area contributed by atoms with Crippen molar-refractivity contribution in [3.8, 4) is 0 Å². The van der Waals surface area contributed by atoms with E-state index in [1.54, 1.807) is 6.92 Å². The standard InChI is InChI=1S/C14H21F2N3O8/c1-2-3-4-9(16)19(26)13(24)10(21)8(6-20)27-14(13,25)18-5-7(15)11(22)17-12(18)23/h5,8-10,20-21,24-26H,2-4,6H2,1H3,(H,17,22,23)/t8-,9?,10-,13-,14+/m1/s1. The molecule has 1 aromatic heterocycles. The summed E-state index contributed by atoms with van der Waals surface area (Å²) in [7, 11) is 0. The van der Waals surface area contributed by atoms with Gasteiger partial charge in [-0.1, -0.05) is 13.3 Å². The number of aliphatic hydroxyl groups is 4. The predicted molar refractivity (Wildman–Crippen MR) is 82.4 cm³/mol. The summed E-state index contributed by atoms with van der Waals surface area (Å²) in [6, 6.07) is 0. The quantitative estimate of drug-likeness (QED) is 0.171. The van der Waals surface area contributed by atoms with Crippen molar-refractivity contribution >= 4 is 0 Å². The van der Waals surface area contributed by atoms with Gasteiger partial charge in [0.25, 0.3) is 5.56 Å². The van der Waals surface area contributed by atoms with E-state index < -0.39 is 58.9 Å². The lowest BCUT2D eigenvalue weighted by Crippen LogP contribution is -2.69. The van der Waals surface area contributed by atoms with Crippen LogP contribution in [0.2, 0.25) is 0 Å². The highest BCUT2D eigenvalue weighted by molar-refractivity contribution is 5.06. The number of aliphatic hydroxyl groups excluding tert-OH is 2. The molecule has 11 nitrogen and oxygen atoms in total. The minimum absolute atomic E-state index is 0.0711. The SMILES string of the molecule is CCCCC(F)N(O)[C@@]1(O)[C@H](O)[C@@H](CO)O[C@]1(O)n1cc(F)c(=O)[nH]c1=O. The van der Waals surface area contributed by atoms with Crippen molar-refractivity contribution in [3.63, 3.8) is 0 Å². The molecule has 1 aliphatic rings. The normalized spacial score (nSPS) is 32.2. The third kappa shape index (κ3) is 3.31. The molecule has 5 atom stereocenters. The zero-order valence-corrected chi connectivity index (χ0v) is 14.2. The second-order valence-electron chi connectivity index (χ2n) is 6.15. The number of aromatic amines is 1. The number of aromatic nitrogens is 2. The van der Waals surface area contributed by atoms with Crippen LogP contribution in [0.25, 0.3) is 0 Å². The Morgan fingerprint density at radius 3 is 2.63 bits per heavy atom. The summed E-state index contributed by atoms with van der Waals surface area (Å²) in [5.74, 6) is -5.05. The molecule has 0 bridgehead atoms. The minimum Gasteiger partial charge on any atom is -0.394 e. The summed E-state index contributed by atoms with van der Waals surface area (Å²) >= 11 is 0. The van der Waals surface area contributed by atoms with E-state index in [-0.39, 0.29) is 23.6 Å². The van der Waals surface area contributed by atoms with Crippen molar-refractivity contribution in [1.29, 1.82) is 0 Å². The van der Waals surface area contributed by atoms with Crippen molar-refractivity contribution < 1.29 is 39.2 Å². The summed E-state index contributed by atoms with van der Waals surface area (Å²) in [6.45, 7) is 0.698. The van der Waals surface area contributed by atoms with Crippen LogP contribution in [-0.2, 0) is 10.6 Å². The first-order chi connectivity index (χ1) is 12.5. The fourth-order valence-corrected chi connectivity index (χ4v) is 2.85. The van der Waals surface area contributed by atoms with Gasteiger partial charge in [-0.3, -0.25) is 9.78 Å². The molecule has 1 aliphatic heterocycles. The Balaban J connectivity index is 2.62. The van der Waals surface area contributed by atoms with Gasteiger partial charge in [-0.25, -0.2) is 13.8 Å². The van der Waals surface area contributed by atoms with Gasteiger partial charge in [0.15, 0.2) is 6.30 Å². The highest BCUT2D eigenvalue weighted by atomic mass is 19.1. The Kier molecular flexibility index (Phi) is 6.16. The van der Waals surface area contributed by atoms with Crippen molar-refractivity contribution in [2.75, 3.05) is 6.61 Å². The van der Waals surface area contributed by atoms with Gasteiger partial charge < -0.3 is 30.4 Å². The van der Waals surface area contributed by atoms with Crippen molar-refractivity contribution in [2.45, 2.75) is 56.3 Å². The molecule has 0 radical (unpaired) electrons. The van der Waals surface area contributed by atoms with Crippen LogP contribution in [0, 0.1) is 5.82 Å². The Hall–Kier alpha value is -1.74. The van der Waals surface area contributed by atoms with E-state index in [9.17, 15) is 44.0 Å². The van der Waals surface area contributed by atoms with E-state index in [1.807, 2.05) is 0 Å². The average molecular weight is 397 g/mol. The Morgan fingerprint density at radius 2 is 2.07 bits per heavy atom. The molecule has 1 fully saturated rings. The second-order valence-corrected chi connectivity index (χ2v) is 6.15. The fraction of sp³-hybridized carbons (Fsp3) is 0.714. The van der Waals surface area contributed by atoms with E-state index in [2.05, 4.69) is 0 Å². The number of hydrogen-bond donors (Lipinski definition) is 6. The Labute approximate surface area is 150 Å². The van der Waals surface area contributed by atoms with E-state index in [0.29, 0.717) is 6.42 Å². The number of alkyl halides is 1. The van der Waals surface area contributed by atoms with E-state index in [0.717, 1.165) is 0 Å². The number of halogens is 2. The summed E-state index contributed by atoms with van der Waals surface area (Å²) in [5, 5.41) is 50.7.